The minimum absolute atomic E-state index is 0.0237. The molecule has 2 rings (SSSR count). The van der Waals surface area contributed by atoms with Crippen LogP contribution >= 0.6 is 11.6 Å². The summed E-state index contributed by atoms with van der Waals surface area (Å²) in [6.07, 6.45) is 3.56. The summed E-state index contributed by atoms with van der Waals surface area (Å²) in [4.78, 5) is 19.6. The molecule has 0 aliphatic heterocycles. The highest BCUT2D eigenvalue weighted by Crippen LogP contribution is 2.27. The highest BCUT2D eigenvalue weighted by Gasteiger charge is 2.27. The van der Waals surface area contributed by atoms with Crippen molar-refractivity contribution in [3.05, 3.63) is 22.7 Å². The lowest BCUT2D eigenvalue weighted by atomic mass is 9.87. The summed E-state index contributed by atoms with van der Waals surface area (Å²) in [5, 5.41) is 0.248. The molecular weight excluding hydrogens is 280 g/mol. The van der Waals surface area contributed by atoms with Crippen molar-refractivity contribution >= 4 is 17.6 Å². The Labute approximate surface area is 123 Å². The number of hydrogen-bond acceptors (Lipinski definition) is 5. The Bertz CT molecular complexity index is 453. The third-order valence-electron chi connectivity index (χ3n) is 3.56. The second-order valence-corrected chi connectivity index (χ2v) is 5.42. The van der Waals surface area contributed by atoms with Crippen LogP contribution in [0.4, 0.5) is 0 Å². The van der Waals surface area contributed by atoms with E-state index in [1.807, 2.05) is 13.0 Å². The second kappa shape index (κ2) is 6.99. The van der Waals surface area contributed by atoms with Gasteiger partial charge in [0.05, 0.1) is 31.4 Å². The number of halogens is 1. The second-order valence-electron chi connectivity index (χ2n) is 5.08. The van der Waals surface area contributed by atoms with Gasteiger partial charge in [-0.25, -0.2) is 9.97 Å². The van der Waals surface area contributed by atoms with E-state index in [0.29, 0.717) is 6.61 Å². The summed E-state index contributed by atoms with van der Waals surface area (Å²) < 4.78 is 10.6. The van der Waals surface area contributed by atoms with Gasteiger partial charge >= 0.3 is 5.97 Å². The Morgan fingerprint density at radius 2 is 2.05 bits per heavy atom. The van der Waals surface area contributed by atoms with Gasteiger partial charge in [0.15, 0.2) is 0 Å². The smallest absolute Gasteiger partial charge is 0.308 e. The number of rotatable bonds is 4. The number of esters is 1. The van der Waals surface area contributed by atoms with Gasteiger partial charge in [-0.3, -0.25) is 4.79 Å². The summed E-state index contributed by atoms with van der Waals surface area (Å²) in [5.41, 5.74) is 1.62. The summed E-state index contributed by atoms with van der Waals surface area (Å²) in [7, 11) is 1.44. The minimum atomic E-state index is -0.110. The molecule has 1 fully saturated rings. The molecule has 20 heavy (non-hydrogen) atoms. The van der Waals surface area contributed by atoms with Crippen molar-refractivity contribution in [2.75, 3.05) is 7.11 Å². The number of hydrogen-bond donors (Lipinski definition) is 0. The van der Waals surface area contributed by atoms with Crippen molar-refractivity contribution in [1.82, 2.24) is 9.97 Å². The molecule has 1 aliphatic carbocycles. The van der Waals surface area contributed by atoms with Crippen LogP contribution < -0.4 is 0 Å². The number of ether oxygens (including phenoxy) is 2. The van der Waals surface area contributed by atoms with Crippen molar-refractivity contribution in [3.8, 4) is 0 Å². The van der Waals surface area contributed by atoms with E-state index in [9.17, 15) is 4.79 Å². The molecule has 1 heterocycles. The lowest BCUT2D eigenvalue weighted by Crippen LogP contribution is -2.27. The van der Waals surface area contributed by atoms with E-state index >= 15 is 0 Å². The normalized spacial score (nSPS) is 22.6. The molecule has 0 unspecified atom stereocenters. The Morgan fingerprint density at radius 1 is 1.35 bits per heavy atom. The fourth-order valence-corrected chi connectivity index (χ4v) is 2.75. The highest BCUT2D eigenvalue weighted by molar-refractivity contribution is 6.28. The lowest BCUT2D eigenvalue weighted by molar-refractivity contribution is -0.147. The van der Waals surface area contributed by atoms with Crippen LogP contribution in [-0.4, -0.2) is 29.2 Å². The van der Waals surface area contributed by atoms with Crippen LogP contribution in [0.25, 0.3) is 0 Å². The van der Waals surface area contributed by atoms with Crippen LogP contribution in [0, 0.1) is 12.8 Å². The molecule has 0 N–H and O–H groups in total. The van der Waals surface area contributed by atoms with E-state index in [4.69, 9.17) is 21.1 Å². The van der Waals surface area contributed by atoms with Gasteiger partial charge in [-0.2, -0.15) is 0 Å². The first-order valence-corrected chi connectivity index (χ1v) is 7.15. The summed E-state index contributed by atoms with van der Waals surface area (Å²) in [6, 6.07) is 1.87. The van der Waals surface area contributed by atoms with E-state index in [1.54, 1.807) is 0 Å². The molecule has 5 nitrogen and oxygen atoms in total. The Hall–Kier alpha value is -1.20. The monoisotopic (exact) mass is 298 g/mol. The fourth-order valence-electron chi connectivity index (χ4n) is 2.50. The largest absolute Gasteiger partial charge is 0.469 e. The zero-order valence-electron chi connectivity index (χ0n) is 11.8. The van der Waals surface area contributed by atoms with Crippen molar-refractivity contribution in [3.63, 3.8) is 0 Å². The number of nitrogens with zero attached hydrogens (tertiary/aromatic N) is 2. The van der Waals surface area contributed by atoms with Gasteiger partial charge in [0.2, 0.25) is 5.28 Å². The van der Waals surface area contributed by atoms with Gasteiger partial charge in [-0.05, 0) is 50.3 Å². The molecule has 0 aromatic carbocycles. The molecule has 1 saturated carbocycles. The Morgan fingerprint density at radius 3 is 2.65 bits per heavy atom. The number of carbonyl (C=O) groups is 1. The average Bonchev–Trinajstić information content (AvgIpc) is 2.44. The van der Waals surface area contributed by atoms with E-state index in [2.05, 4.69) is 9.97 Å². The number of aromatic nitrogens is 2. The van der Waals surface area contributed by atoms with Crippen LogP contribution in [0.15, 0.2) is 6.07 Å². The molecule has 0 saturated heterocycles. The molecule has 0 bridgehead atoms. The molecule has 0 amide bonds. The van der Waals surface area contributed by atoms with Crippen molar-refractivity contribution < 1.29 is 14.3 Å². The average molecular weight is 299 g/mol. The number of methoxy groups -OCH3 is 1. The molecule has 1 aromatic rings. The SMILES string of the molecule is COC(=O)C1CCC(OCc2cc(C)nc(Cl)n2)CC1. The number of carbonyl (C=O) groups excluding carboxylic acids is 1. The van der Waals surface area contributed by atoms with Crippen LogP contribution in [-0.2, 0) is 20.9 Å². The first-order chi connectivity index (χ1) is 9.58. The van der Waals surface area contributed by atoms with Crippen molar-refractivity contribution in [2.45, 2.75) is 45.3 Å². The van der Waals surface area contributed by atoms with Gasteiger partial charge in [0, 0.05) is 5.69 Å². The van der Waals surface area contributed by atoms with E-state index in [-0.39, 0.29) is 23.3 Å². The van der Waals surface area contributed by atoms with Crippen LogP contribution in [0.1, 0.15) is 37.1 Å². The first-order valence-electron chi connectivity index (χ1n) is 6.78. The van der Waals surface area contributed by atoms with E-state index < -0.39 is 0 Å². The van der Waals surface area contributed by atoms with Gasteiger partial charge in [0.1, 0.15) is 0 Å². The van der Waals surface area contributed by atoms with Crippen LogP contribution in [0.2, 0.25) is 5.28 Å². The zero-order chi connectivity index (χ0) is 14.5. The maximum absolute atomic E-state index is 11.4. The zero-order valence-corrected chi connectivity index (χ0v) is 12.5. The topological polar surface area (TPSA) is 61.3 Å². The predicted molar refractivity (Wildman–Crippen MR) is 74.3 cm³/mol. The third-order valence-corrected chi connectivity index (χ3v) is 3.72. The van der Waals surface area contributed by atoms with Crippen molar-refractivity contribution in [2.24, 2.45) is 5.92 Å². The summed E-state index contributed by atoms with van der Waals surface area (Å²) in [5.74, 6) is -0.0859. The Kier molecular flexibility index (Phi) is 5.31. The van der Waals surface area contributed by atoms with Crippen LogP contribution in [0.3, 0.4) is 0 Å². The predicted octanol–water partition coefficient (Wildman–Crippen LogP) is 2.69. The number of aryl methyl sites for hydroxylation is 1. The molecule has 1 aromatic heterocycles. The Balaban J connectivity index is 1.80. The maximum Gasteiger partial charge on any atom is 0.308 e. The first kappa shape index (κ1) is 15.2. The van der Waals surface area contributed by atoms with Crippen molar-refractivity contribution in [1.29, 1.82) is 0 Å². The van der Waals surface area contributed by atoms with E-state index in [0.717, 1.165) is 37.1 Å². The molecule has 6 heteroatoms. The molecule has 0 radical (unpaired) electrons. The summed E-state index contributed by atoms with van der Waals surface area (Å²) in [6.45, 7) is 2.30. The molecular formula is C14H19ClN2O3. The highest BCUT2D eigenvalue weighted by atomic mass is 35.5. The molecule has 1 aliphatic rings. The molecule has 110 valence electrons. The van der Waals surface area contributed by atoms with Gasteiger partial charge < -0.3 is 9.47 Å². The van der Waals surface area contributed by atoms with Gasteiger partial charge in [0.25, 0.3) is 0 Å². The van der Waals surface area contributed by atoms with E-state index in [1.165, 1.54) is 7.11 Å². The molecule has 0 atom stereocenters. The third kappa shape index (κ3) is 4.15. The van der Waals surface area contributed by atoms with Crippen LogP contribution in [0.5, 0.6) is 0 Å². The molecule has 0 spiro atoms. The summed E-state index contributed by atoms with van der Waals surface area (Å²) >= 11 is 5.81. The standard InChI is InChI=1S/C14H19ClN2O3/c1-9-7-11(17-14(15)16-9)8-20-12-5-3-10(4-6-12)13(18)19-2/h7,10,12H,3-6,8H2,1-2H3. The maximum atomic E-state index is 11.4. The fraction of sp³-hybridized carbons (Fsp3) is 0.643. The quantitative estimate of drug-likeness (QED) is 0.632. The minimum Gasteiger partial charge on any atom is -0.469 e. The van der Waals surface area contributed by atoms with Gasteiger partial charge in [-0.15, -0.1) is 0 Å². The lowest BCUT2D eigenvalue weighted by Gasteiger charge is -2.26. The van der Waals surface area contributed by atoms with Gasteiger partial charge in [-0.1, -0.05) is 0 Å².